The molecule has 3 aromatic rings. The second-order valence-corrected chi connectivity index (χ2v) is 9.06. The number of nitrogens with one attached hydrogen (secondary N) is 1. The molecular formula is C23H26FN3O5S. The molecule has 33 heavy (non-hydrogen) atoms. The van der Waals surface area contributed by atoms with Crippen LogP contribution in [0.15, 0.2) is 58.0 Å². The molecule has 1 N–H and O–H groups in total. The highest BCUT2D eigenvalue weighted by atomic mass is 32.2. The fourth-order valence-corrected chi connectivity index (χ4v) is 4.75. The Balaban J connectivity index is 1.69. The number of carbonyl (C=O) groups is 1. The Bertz CT molecular complexity index is 1210. The number of oxazole rings is 1. The van der Waals surface area contributed by atoms with E-state index in [1.165, 1.54) is 47.9 Å². The van der Waals surface area contributed by atoms with Crippen molar-refractivity contribution >= 4 is 21.6 Å². The monoisotopic (exact) mass is 475 g/mol. The molecule has 0 aliphatic heterocycles. The van der Waals surface area contributed by atoms with Gasteiger partial charge < -0.3 is 14.5 Å². The maximum Gasteiger partial charge on any atom is 0.243 e. The van der Waals surface area contributed by atoms with E-state index in [4.69, 9.17) is 9.15 Å². The molecule has 1 heterocycles. The van der Waals surface area contributed by atoms with E-state index in [9.17, 15) is 17.6 Å². The first-order valence-corrected chi connectivity index (χ1v) is 11.9. The smallest absolute Gasteiger partial charge is 0.243 e. The summed E-state index contributed by atoms with van der Waals surface area (Å²) < 4.78 is 51.0. The summed E-state index contributed by atoms with van der Waals surface area (Å²) in [6.07, 6.45) is 1.80. The molecule has 0 fully saturated rings. The number of ether oxygens (including phenoxy) is 1. The van der Waals surface area contributed by atoms with Gasteiger partial charge in [-0.1, -0.05) is 13.8 Å². The third-order valence-corrected chi connectivity index (χ3v) is 7.08. The molecule has 0 saturated carbocycles. The first kappa shape index (κ1) is 24.4. The van der Waals surface area contributed by atoms with Crippen LogP contribution in [-0.4, -0.2) is 43.8 Å². The highest BCUT2D eigenvalue weighted by Crippen LogP contribution is 2.29. The van der Waals surface area contributed by atoms with Crippen molar-refractivity contribution in [1.82, 2.24) is 9.29 Å². The van der Waals surface area contributed by atoms with E-state index in [1.807, 2.05) is 0 Å². The van der Waals surface area contributed by atoms with Crippen LogP contribution >= 0.6 is 0 Å². The second kappa shape index (κ2) is 10.6. The number of hydrogen-bond donors (Lipinski definition) is 1. The zero-order valence-electron chi connectivity index (χ0n) is 18.7. The Morgan fingerprint density at radius 3 is 2.48 bits per heavy atom. The number of amides is 1. The summed E-state index contributed by atoms with van der Waals surface area (Å²) in [6, 6.07) is 10.2. The Labute approximate surface area is 192 Å². The minimum atomic E-state index is -3.69. The van der Waals surface area contributed by atoms with E-state index in [1.54, 1.807) is 26.0 Å². The number of rotatable bonds is 10. The normalized spacial score (nSPS) is 11.5. The molecule has 1 aromatic heterocycles. The zero-order valence-corrected chi connectivity index (χ0v) is 19.5. The van der Waals surface area contributed by atoms with E-state index < -0.39 is 10.0 Å². The summed E-state index contributed by atoms with van der Waals surface area (Å²) in [6.45, 7) is 4.19. The Hall–Kier alpha value is -3.24. The number of halogens is 1. The molecule has 10 heteroatoms. The van der Waals surface area contributed by atoms with Crippen LogP contribution in [0.2, 0.25) is 0 Å². The van der Waals surface area contributed by atoms with Gasteiger partial charge in [0.05, 0.1) is 23.9 Å². The number of sulfonamides is 1. The zero-order chi connectivity index (χ0) is 24.0. The highest BCUT2D eigenvalue weighted by Gasteiger charge is 2.23. The van der Waals surface area contributed by atoms with E-state index >= 15 is 0 Å². The lowest BCUT2D eigenvalue weighted by molar-refractivity contribution is -0.116. The van der Waals surface area contributed by atoms with Gasteiger partial charge in [0.2, 0.25) is 15.9 Å². The molecule has 0 spiro atoms. The SMILES string of the molecule is CCN(CC)S(=O)(=O)c1ccc(OC)c(NC(=O)CCc2ncc(-c3ccc(F)cc3)o2)c1. The van der Waals surface area contributed by atoms with Crippen LogP contribution in [0, 0.1) is 5.82 Å². The number of carbonyl (C=O) groups excluding carboxylic acids is 1. The fraction of sp³-hybridized carbons (Fsp3) is 0.304. The predicted molar refractivity (Wildman–Crippen MR) is 122 cm³/mol. The summed E-state index contributed by atoms with van der Waals surface area (Å²) in [5.41, 5.74) is 0.936. The summed E-state index contributed by atoms with van der Waals surface area (Å²) in [4.78, 5) is 16.8. The van der Waals surface area contributed by atoms with Gasteiger partial charge in [-0.2, -0.15) is 4.31 Å². The van der Waals surface area contributed by atoms with Crippen LogP contribution < -0.4 is 10.1 Å². The van der Waals surface area contributed by atoms with E-state index in [0.29, 0.717) is 36.1 Å². The van der Waals surface area contributed by atoms with Crippen molar-refractivity contribution in [2.24, 2.45) is 0 Å². The molecular weight excluding hydrogens is 449 g/mol. The predicted octanol–water partition coefficient (Wildman–Crippen LogP) is 4.09. The van der Waals surface area contributed by atoms with Crippen LogP contribution in [0.1, 0.15) is 26.2 Å². The largest absolute Gasteiger partial charge is 0.495 e. The van der Waals surface area contributed by atoms with Gasteiger partial charge in [-0.05, 0) is 42.5 Å². The van der Waals surface area contributed by atoms with Crippen molar-refractivity contribution in [1.29, 1.82) is 0 Å². The molecule has 0 aliphatic carbocycles. The number of hydrogen-bond acceptors (Lipinski definition) is 6. The van der Waals surface area contributed by atoms with Crippen molar-refractivity contribution in [3.8, 4) is 17.1 Å². The van der Waals surface area contributed by atoms with Crippen molar-refractivity contribution in [2.45, 2.75) is 31.6 Å². The van der Waals surface area contributed by atoms with Gasteiger partial charge in [0, 0.05) is 31.5 Å². The summed E-state index contributed by atoms with van der Waals surface area (Å²) >= 11 is 0. The number of anilines is 1. The molecule has 0 bridgehead atoms. The van der Waals surface area contributed by atoms with Crippen LogP contribution in [0.25, 0.3) is 11.3 Å². The minimum Gasteiger partial charge on any atom is -0.495 e. The molecule has 0 radical (unpaired) electrons. The van der Waals surface area contributed by atoms with Crippen molar-refractivity contribution in [3.63, 3.8) is 0 Å². The highest BCUT2D eigenvalue weighted by molar-refractivity contribution is 7.89. The van der Waals surface area contributed by atoms with Crippen LogP contribution in [0.5, 0.6) is 5.75 Å². The molecule has 1 amide bonds. The standard InChI is InChI=1S/C23H26FN3O5S/c1-4-27(5-2)33(29,30)18-10-11-20(31-3)19(14-18)26-22(28)12-13-23-25-15-21(32-23)16-6-8-17(24)9-7-16/h6-11,14-15H,4-5,12-13H2,1-3H3,(H,26,28). The molecule has 0 unspecified atom stereocenters. The number of benzene rings is 2. The van der Waals surface area contributed by atoms with E-state index in [0.717, 1.165) is 0 Å². The van der Waals surface area contributed by atoms with Gasteiger partial charge in [-0.25, -0.2) is 17.8 Å². The lowest BCUT2D eigenvalue weighted by Crippen LogP contribution is -2.30. The summed E-state index contributed by atoms with van der Waals surface area (Å²) in [5.74, 6) is 0.471. The topological polar surface area (TPSA) is 102 Å². The first-order valence-electron chi connectivity index (χ1n) is 10.5. The average molecular weight is 476 g/mol. The molecule has 0 atom stereocenters. The van der Waals surface area contributed by atoms with Gasteiger partial charge in [0.1, 0.15) is 11.6 Å². The maximum atomic E-state index is 13.1. The Kier molecular flexibility index (Phi) is 7.83. The lowest BCUT2D eigenvalue weighted by atomic mass is 10.2. The lowest BCUT2D eigenvalue weighted by Gasteiger charge is -2.19. The molecule has 8 nitrogen and oxygen atoms in total. The van der Waals surface area contributed by atoms with Gasteiger partial charge >= 0.3 is 0 Å². The third-order valence-electron chi connectivity index (χ3n) is 5.04. The maximum absolute atomic E-state index is 13.1. The molecule has 2 aromatic carbocycles. The number of aromatic nitrogens is 1. The van der Waals surface area contributed by atoms with Gasteiger partial charge in [0.25, 0.3) is 0 Å². The Morgan fingerprint density at radius 1 is 1.15 bits per heavy atom. The van der Waals surface area contributed by atoms with Gasteiger partial charge in [0.15, 0.2) is 11.7 Å². The Morgan fingerprint density at radius 2 is 1.85 bits per heavy atom. The van der Waals surface area contributed by atoms with Crippen molar-refractivity contribution in [2.75, 3.05) is 25.5 Å². The van der Waals surface area contributed by atoms with Crippen molar-refractivity contribution in [3.05, 3.63) is 60.4 Å². The fourth-order valence-electron chi connectivity index (χ4n) is 3.26. The summed E-state index contributed by atoms with van der Waals surface area (Å²) in [7, 11) is -2.25. The molecule has 0 saturated heterocycles. The minimum absolute atomic E-state index is 0.0551. The van der Waals surface area contributed by atoms with Crippen LogP contribution in [0.3, 0.4) is 0 Å². The average Bonchev–Trinajstić information content (AvgIpc) is 3.28. The van der Waals surface area contributed by atoms with Gasteiger partial charge in [-0.3, -0.25) is 4.79 Å². The van der Waals surface area contributed by atoms with Crippen molar-refractivity contribution < 1.29 is 26.8 Å². The molecule has 0 aliphatic rings. The van der Waals surface area contributed by atoms with E-state index in [-0.39, 0.29) is 35.1 Å². The summed E-state index contributed by atoms with van der Waals surface area (Å²) in [5, 5.41) is 2.71. The number of nitrogens with zero attached hydrogens (tertiary/aromatic N) is 2. The molecule has 176 valence electrons. The quantitative estimate of drug-likeness (QED) is 0.474. The number of methoxy groups -OCH3 is 1. The molecule has 3 rings (SSSR count). The van der Waals surface area contributed by atoms with E-state index in [2.05, 4.69) is 10.3 Å². The van der Waals surface area contributed by atoms with Gasteiger partial charge in [-0.15, -0.1) is 0 Å². The first-order chi connectivity index (χ1) is 15.8. The van der Waals surface area contributed by atoms with Crippen LogP contribution in [0.4, 0.5) is 10.1 Å². The third kappa shape index (κ3) is 5.77. The second-order valence-electron chi connectivity index (χ2n) is 7.12. The number of aryl methyl sites for hydroxylation is 1. The van der Waals surface area contributed by atoms with Crippen LogP contribution in [-0.2, 0) is 21.2 Å².